The van der Waals surface area contributed by atoms with Crippen molar-refractivity contribution < 1.29 is 4.79 Å². The minimum absolute atomic E-state index is 0.0216. The minimum Gasteiger partial charge on any atom is -0.341 e. The summed E-state index contributed by atoms with van der Waals surface area (Å²) in [7, 11) is 2.84. The number of hydrogen-bond acceptors (Lipinski definition) is 5. The molecule has 1 aromatic carbocycles. The topological polar surface area (TPSA) is 102 Å². The zero-order valence-electron chi connectivity index (χ0n) is 15.4. The second-order valence-corrected chi connectivity index (χ2v) is 7.20. The maximum Gasteiger partial charge on any atom is 0.331 e. The summed E-state index contributed by atoms with van der Waals surface area (Å²) in [5.74, 6) is 0.976. The lowest BCUT2D eigenvalue weighted by molar-refractivity contribution is 0.0923. The molecule has 142 valence electrons. The molecule has 0 aliphatic carbocycles. The Morgan fingerprint density at radius 2 is 2.00 bits per heavy atom. The van der Waals surface area contributed by atoms with Crippen molar-refractivity contribution in [2.45, 2.75) is 12.5 Å². The molecule has 2 aromatic heterocycles. The van der Waals surface area contributed by atoms with E-state index in [1.807, 2.05) is 30.5 Å². The first kappa shape index (κ1) is 19.0. The Kier molecular flexibility index (Phi) is 5.50. The van der Waals surface area contributed by atoms with Gasteiger partial charge < -0.3 is 10.3 Å². The van der Waals surface area contributed by atoms with Gasteiger partial charge in [-0.1, -0.05) is 12.1 Å². The fourth-order valence-electron chi connectivity index (χ4n) is 2.83. The number of aromatic nitrogens is 4. The molecule has 1 atom stereocenters. The number of rotatable bonds is 6. The first-order valence-corrected chi connectivity index (χ1v) is 9.83. The van der Waals surface area contributed by atoms with Crippen LogP contribution in [-0.2, 0) is 14.1 Å². The first-order valence-electron chi connectivity index (χ1n) is 8.44. The van der Waals surface area contributed by atoms with E-state index in [0.717, 1.165) is 21.4 Å². The van der Waals surface area contributed by atoms with Crippen molar-refractivity contribution in [2.75, 3.05) is 12.0 Å². The molecule has 9 heteroatoms. The Morgan fingerprint density at radius 3 is 2.70 bits per heavy atom. The molecule has 3 aromatic rings. The van der Waals surface area contributed by atoms with Crippen molar-refractivity contribution in [3.8, 4) is 0 Å². The normalized spacial score (nSPS) is 12.3. The number of carbonyl (C=O) groups is 1. The zero-order valence-corrected chi connectivity index (χ0v) is 16.2. The fraction of sp³-hybridized carbons (Fsp3) is 0.333. The molecule has 3 rings (SSSR count). The van der Waals surface area contributed by atoms with Crippen molar-refractivity contribution in [1.82, 2.24) is 24.4 Å². The molecule has 27 heavy (non-hydrogen) atoms. The molecule has 0 saturated carbocycles. The van der Waals surface area contributed by atoms with Crippen molar-refractivity contribution in [2.24, 2.45) is 14.1 Å². The third-order valence-corrected chi connectivity index (χ3v) is 5.06. The number of carbonyl (C=O) groups excluding carboxylic acids is 1. The number of H-pyrrole nitrogens is 1. The van der Waals surface area contributed by atoms with Gasteiger partial charge in [-0.25, -0.2) is 9.78 Å². The lowest BCUT2D eigenvalue weighted by Crippen LogP contribution is -2.42. The summed E-state index contributed by atoms with van der Waals surface area (Å²) >= 11 is 1.66. The molecule has 2 N–H and O–H groups in total. The van der Waals surface area contributed by atoms with Gasteiger partial charge in [0.1, 0.15) is 11.5 Å². The molecule has 2 heterocycles. The van der Waals surface area contributed by atoms with E-state index in [1.54, 1.807) is 11.8 Å². The zero-order chi connectivity index (χ0) is 19.6. The molecular weight excluding hydrogens is 366 g/mol. The van der Waals surface area contributed by atoms with Crippen LogP contribution in [0.1, 0.15) is 28.8 Å². The van der Waals surface area contributed by atoms with E-state index in [4.69, 9.17) is 0 Å². The van der Waals surface area contributed by atoms with E-state index < -0.39 is 17.2 Å². The van der Waals surface area contributed by atoms with Crippen LogP contribution in [0.3, 0.4) is 0 Å². The third-order valence-electron chi connectivity index (χ3n) is 4.41. The fourth-order valence-corrected chi connectivity index (χ4v) is 3.30. The Morgan fingerprint density at radius 1 is 1.26 bits per heavy atom. The van der Waals surface area contributed by atoms with Crippen LogP contribution in [0.2, 0.25) is 0 Å². The molecule has 0 radical (unpaired) electrons. The van der Waals surface area contributed by atoms with E-state index in [0.29, 0.717) is 12.2 Å². The smallest absolute Gasteiger partial charge is 0.331 e. The van der Waals surface area contributed by atoms with Gasteiger partial charge in [-0.15, -0.1) is 0 Å². The molecular formula is C18H21N5O3S. The Hall–Kier alpha value is -2.81. The number of hydrogen-bond donors (Lipinski definition) is 2. The van der Waals surface area contributed by atoms with Crippen molar-refractivity contribution in [1.29, 1.82) is 0 Å². The molecule has 8 nitrogen and oxygen atoms in total. The molecule has 0 fully saturated rings. The average Bonchev–Trinajstić information content (AvgIpc) is 3.10. The largest absolute Gasteiger partial charge is 0.341 e. The lowest BCUT2D eigenvalue weighted by atomic mass is 10.2. The number of thioether (sulfide) groups is 1. The van der Waals surface area contributed by atoms with Crippen LogP contribution < -0.4 is 16.6 Å². The van der Waals surface area contributed by atoms with Gasteiger partial charge in [0.05, 0.1) is 17.1 Å². The number of imidazole rings is 1. The average molecular weight is 387 g/mol. The Labute approximate surface area is 159 Å². The number of amides is 1. The maximum atomic E-state index is 12.8. The Bertz CT molecular complexity index is 1070. The lowest BCUT2D eigenvalue weighted by Gasteiger charge is -2.17. The molecule has 0 saturated heterocycles. The quantitative estimate of drug-likeness (QED) is 0.661. The highest BCUT2D eigenvalue weighted by Gasteiger charge is 2.21. The summed E-state index contributed by atoms with van der Waals surface area (Å²) in [5, 5.41) is 2.91. The van der Waals surface area contributed by atoms with E-state index in [-0.39, 0.29) is 11.7 Å². The van der Waals surface area contributed by atoms with Gasteiger partial charge in [0.2, 0.25) is 0 Å². The molecule has 0 spiro atoms. The summed E-state index contributed by atoms with van der Waals surface area (Å²) in [4.78, 5) is 44.6. The van der Waals surface area contributed by atoms with Gasteiger partial charge >= 0.3 is 5.69 Å². The number of para-hydroxylation sites is 2. The SMILES string of the molecule is CSCCC(NC(=O)c1cc(=O)n(C)c(=O)n1C)c1nc2ccccc2[nH]1. The monoisotopic (exact) mass is 387 g/mol. The summed E-state index contributed by atoms with van der Waals surface area (Å²) in [6.45, 7) is 0. The number of aromatic amines is 1. The predicted octanol–water partition coefficient (Wildman–Crippen LogP) is 1.18. The highest BCUT2D eigenvalue weighted by Crippen LogP contribution is 2.20. The van der Waals surface area contributed by atoms with Crippen LogP contribution in [-0.4, -0.2) is 37.0 Å². The van der Waals surface area contributed by atoms with Crippen LogP contribution in [0.15, 0.2) is 39.9 Å². The standard InChI is InChI=1S/C18H21N5O3S/c1-22-14(10-15(24)23(2)18(22)26)17(25)21-13(8-9-27-3)16-19-11-6-4-5-7-12(11)20-16/h4-7,10,13H,8-9H2,1-3H3,(H,19,20)(H,21,25). The predicted molar refractivity (Wildman–Crippen MR) is 106 cm³/mol. The van der Waals surface area contributed by atoms with Crippen LogP contribution in [0.25, 0.3) is 11.0 Å². The second kappa shape index (κ2) is 7.83. The van der Waals surface area contributed by atoms with Gasteiger partial charge in [-0.2, -0.15) is 11.8 Å². The van der Waals surface area contributed by atoms with Gasteiger partial charge in [0.25, 0.3) is 11.5 Å². The van der Waals surface area contributed by atoms with Crippen molar-refractivity contribution in [3.63, 3.8) is 0 Å². The van der Waals surface area contributed by atoms with Crippen LogP contribution >= 0.6 is 11.8 Å². The summed E-state index contributed by atoms with van der Waals surface area (Å²) in [6, 6.07) is 8.43. The summed E-state index contributed by atoms with van der Waals surface area (Å²) in [5.41, 5.74) is 0.659. The highest BCUT2D eigenvalue weighted by atomic mass is 32.2. The highest BCUT2D eigenvalue weighted by molar-refractivity contribution is 7.98. The molecule has 1 amide bonds. The first-order chi connectivity index (χ1) is 12.9. The number of benzene rings is 1. The van der Waals surface area contributed by atoms with Crippen molar-refractivity contribution in [3.05, 3.63) is 62.7 Å². The number of nitrogens with zero attached hydrogens (tertiary/aromatic N) is 3. The van der Waals surface area contributed by atoms with E-state index in [9.17, 15) is 14.4 Å². The summed E-state index contributed by atoms with van der Waals surface area (Å²) < 4.78 is 2.13. The van der Waals surface area contributed by atoms with Crippen molar-refractivity contribution >= 4 is 28.7 Å². The second-order valence-electron chi connectivity index (χ2n) is 6.22. The van der Waals surface area contributed by atoms with Crippen LogP contribution in [0, 0.1) is 0 Å². The number of fused-ring (bicyclic) bond motifs is 1. The molecule has 0 bridgehead atoms. The van der Waals surface area contributed by atoms with Gasteiger partial charge in [0, 0.05) is 20.2 Å². The molecule has 1 unspecified atom stereocenters. The van der Waals surface area contributed by atoms with Gasteiger partial charge in [-0.3, -0.25) is 18.7 Å². The molecule has 0 aliphatic heterocycles. The van der Waals surface area contributed by atoms with E-state index in [2.05, 4.69) is 15.3 Å². The van der Waals surface area contributed by atoms with Crippen LogP contribution in [0.4, 0.5) is 0 Å². The maximum absolute atomic E-state index is 12.8. The van der Waals surface area contributed by atoms with Crippen LogP contribution in [0.5, 0.6) is 0 Å². The van der Waals surface area contributed by atoms with Gasteiger partial charge in [0.15, 0.2) is 0 Å². The minimum atomic E-state index is -0.544. The van der Waals surface area contributed by atoms with Gasteiger partial charge in [-0.05, 0) is 30.6 Å². The third kappa shape index (κ3) is 3.82. The molecule has 0 aliphatic rings. The number of nitrogens with one attached hydrogen (secondary N) is 2. The summed E-state index contributed by atoms with van der Waals surface area (Å²) in [6.07, 6.45) is 2.65. The van der Waals surface area contributed by atoms with E-state index in [1.165, 1.54) is 24.7 Å². The van der Waals surface area contributed by atoms with E-state index >= 15 is 0 Å². The Balaban J connectivity index is 1.94.